The molecule has 5 nitrogen and oxygen atoms in total. The fourth-order valence-electron chi connectivity index (χ4n) is 2.32. The maximum atomic E-state index is 10.9. The lowest BCUT2D eigenvalue weighted by Gasteiger charge is -2.34. The molecule has 2 rings (SSSR count). The first kappa shape index (κ1) is 13.8. The van der Waals surface area contributed by atoms with Gasteiger partial charge < -0.3 is 10.5 Å². The Kier molecular flexibility index (Phi) is 4.76. The molecule has 0 aliphatic carbocycles. The summed E-state index contributed by atoms with van der Waals surface area (Å²) in [5.74, 6) is 0.638. The van der Waals surface area contributed by atoms with Crippen LogP contribution in [-0.2, 0) is 11.3 Å². The standard InChI is InChI=1S/C14H21N3O2/c1-19-13-4-2-12(3-5-13)10-16-6-8-17(9-7-16)11-14(15)18/h2-5H,6-11H2,1H3,(H2,15,18). The van der Waals surface area contributed by atoms with E-state index < -0.39 is 0 Å². The molecule has 1 heterocycles. The number of hydrogen-bond acceptors (Lipinski definition) is 4. The maximum absolute atomic E-state index is 10.9. The Hall–Kier alpha value is -1.59. The molecule has 0 radical (unpaired) electrons. The zero-order valence-electron chi connectivity index (χ0n) is 11.3. The SMILES string of the molecule is COc1ccc(CN2CCN(CC(N)=O)CC2)cc1. The topological polar surface area (TPSA) is 58.8 Å². The highest BCUT2D eigenvalue weighted by Gasteiger charge is 2.17. The molecule has 1 saturated heterocycles. The minimum atomic E-state index is -0.247. The summed E-state index contributed by atoms with van der Waals surface area (Å²) in [6.45, 7) is 5.06. The number of hydrogen-bond donors (Lipinski definition) is 1. The molecule has 0 saturated carbocycles. The molecule has 1 aliphatic rings. The summed E-state index contributed by atoms with van der Waals surface area (Å²) in [5, 5.41) is 0. The van der Waals surface area contributed by atoms with Crippen molar-refractivity contribution in [3.05, 3.63) is 29.8 Å². The van der Waals surface area contributed by atoms with Crippen LogP contribution in [0.5, 0.6) is 5.75 Å². The largest absolute Gasteiger partial charge is 0.497 e. The van der Waals surface area contributed by atoms with E-state index in [9.17, 15) is 4.79 Å². The molecule has 2 N–H and O–H groups in total. The molecular weight excluding hydrogens is 242 g/mol. The number of piperazine rings is 1. The number of carbonyl (C=O) groups excluding carboxylic acids is 1. The summed E-state index contributed by atoms with van der Waals surface area (Å²) in [6.07, 6.45) is 0. The third kappa shape index (κ3) is 4.22. The van der Waals surface area contributed by atoms with E-state index in [0.29, 0.717) is 6.54 Å². The maximum Gasteiger partial charge on any atom is 0.231 e. The number of amides is 1. The van der Waals surface area contributed by atoms with Crippen LogP contribution in [0.1, 0.15) is 5.56 Å². The Bertz CT molecular complexity index is 411. The number of rotatable bonds is 5. The van der Waals surface area contributed by atoms with Crippen LogP contribution in [0.3, 0.4) is 0 Å². The van der Waals surface area contributed by atoms with Gasteiger partial charge in [-0.25, -0.2) is 0 Å². The lowest BCUT2D eigenvalue weighted by atomic mass is 10.2. The van der Waals surface area contributed by atoms with Gasteiger partial charge in [0.15, 0.2) is 0 Å². The Morgan fingerprint density at radius 3 is 2.26 bits per heavy atom. The van der Waals surface area contributed by atoms with Crippen LogP contribution in [0.15, 0.2) is 24.3 Å². The number of nitrogens with two attached hydrogens (primary N) is 1. The molecule has 0 atom stereocenters. The fourth-order valence-corrected chi connectivity index (χ4v) is 2.32. The highest BCUT2D eigenvalue weighted by atomic mass is 16.5. The normalized spacial score (nSPS) is 17.3. The number of methoxy groups -OCH3 is 1. The average Bonchev–Trinajstić information content (AvgIpc) is 2.41. The van der Waals surface area contributed by atoms with E-state index in [1.165, 1.54) is 5.56 Å². The minimum absolute atomic E-state index is 0.247. The van der Waals surface area contributed by atoms with Gasteiger partial charge in [0.1, 0.15) is 5.75 Å². The van der Waals surface area contributed by atoms with Crippen LogP contribution in [0.4, 0.5) is 0 Å². The van der Waals surface area contributed by atoms with Gasteiger partial charge in [-0.1, -0.05) is 12.1 Å². The van der Waals surface area contributed by atoms with Crippen molar-refractivity contribution < 1.29 is 9.53 Å². The van der Waals surface area contributed by atoms with Crippen molar-refractivity contribution in [1.82, 2.24) is 9.80 Å². The van der Waals surface area contributed by atoms with E-state index in [1.807, 2.05) is 12.1 Å². The first-order chi connectivity index (χ1) is 9.17. The summed E-state index contributed by atoms with van der Waals surface area (Å²) in [7, 11) is 1.67. The molecule has 1 aliphatic heterocycles. The van der Waals surface area contributed by atoms with Crippen LogP contribution < -0.4 is 10.5 Å². The third-order valence-corrected chi connectivity index (χ3v) is 3.41. The van der Waals surface area contributed by atoms with E-state index in [2.05, 4.69) is 21.9 Å². The van der Waals surface area contributed by atoms with Crippen LogP contribution in [-0.4, -0.2) is 55.5 Å². The number of carbonyl (C=O) groups is 1. The van der Waals surface area contributed by atoms with Gasteiger partial charge in [0, 0.05) is 32.7 Å². The van der Waals surface area contributed by atoms with Gasteiger partial charge in [-0.05, 0) is 17.7 Å². The van der Waals surface area contributed by atoms with Crippen molar-refractivity contribution in [3.8, 4) is 5.75 Å². The third-order valence-electron chi connectivity index (χ3n) is 3.41. The predicted molar refractivity (Wildman–Crippen MR) is 73.9 cm³/mol. The van der Waals surface area contributed by atoms with Gasteiger partial charge in [-0.2, -0.15) is 0 Å². The highest BCUT2D eigenvalue weighted by Crippen LogP contribution is 2.14. The molecule has 0 aromatic heterocycles. The van der Waals surface area contributed by atoms with Crippen molar-refractivity contribution in [2.75, 3.05) is 39.8 Å². The van der Waals surface area contributed by atoms with E-state index in [4.69, 9.17) is 10.5 Å². The van der Waals surface area contributed by atoms with Gasteiger partial charge >= 0.3 is 0 Å². The molecular formula is C14H21N3O2. The lowest BCUT2D eigenvalue weighted by Crippen LogP contribution is -2.48. The average molecular weight is 263 g/mol. The number of nitrogens with zero attached hydrogens (tertiary/aromatic N) is 2. The lowest BCUT2D eigenvalue weighted by molar-refractivity contribution is -0.119. The first-order valence-electron chi connectivity index (χ1n) is 6.53. The number of primary amides is 1. The molecule has 1 aromatic carbocycles. The molecule has 0 unspecified atom stereocenters. The van der Waals surface area contributed by atoms with Gasteiger partial charge in [-0.15, -0.1) is 0 Å². The fraction of sp³-hybridized carbons (Fsp3) is 0.500. The second-order valence-electron chi connectivity index (χ2n) is 4.87. The molecule has 1 fully saturated rings. The van der Waals surface area contributed by atoms with Crippen LogP contribution in [0, 0.1) is 0 Å². The van der Waals surface area contributed by atoms with Crippen molar-refractivity contribution in [2.24, 2.45) is 5.73 Å². The molecule has 5 heteroatoms. The van der Waals surface area contributed by atoms with E-state index in [-0.39, 0.29) is 5.91 Å². The molecule has 1 aromatic rings. The predicted octanol–water partition coefficient (Wildman–Crippen LogP) is 0.298. The second-order valence-corrected chi connectivity index (χ2v) is 4.87. The molecule has 0 spiro atoms. The van der Waals surface area contributed by atoms with Crippen LogP contribution in [0.2, 0.25) is 0 Å². The zero-order valence-corrected chi connectivity index (χ0v) is 11.3. The van der Waals surface area contributed by atoms with Gasteiger partial charge in [0.2, 0.25) is 5.91 Å². The Labute approximate surface area is 113 Å². The van der Waals surface area contributed by atoms with Crippen molar-refractivity contribution in [2.45, 2.75) is 6.54 Å². The van der Waals surface area contributed by atoms with Gasteiger partial charge in [-0.3, -0.25) is 14.6 Å². The molecule has 0 bridgehead atoms. The Morgan fingerprint density at radius 2 is 1.74 bits per heavy atom. The summed E-state index contributed by atoms with van der Waals surface area (Å²) in [4.78, 5) is 15.3. The number of benzene rings is 1. The van der Waals surface area contributed by atoms with Gasteiger partial charge in [0.25, 0.3) is 0 Å². The second kappa shape index (κ2) is 6.54. The molecule has 19 heavy (non-hydrogen) atoms. The van der Waals surface area contributed by atoms with Crippen molar-refractivity contribution in [1.29, 1.82) is 0 Å². The summed E-state index contributed by atoms with van der Waals surface area (Å²) in [6, 6.07) is 8.15. The monoisotopic (exact) mass is 263 g/mol. The summed E-state index contributed by atoms with van der Waals surface area (Å²) >= 11 is 0. The summed E-state index contributed by atoms with van der Waals surface area (Å²) < 4.78 is 5.15. The zero-order chi connectivity index (χ0) is 13.7. The van der Waals surface area contributed by atoms with Crippen molar-refractivity contribution >= 4 is 5.91 Å². The van der Waals surface area contributed by atoms with Crippen molar-refractivity contribution in [3.63, 3.8) is 0 Å². The highest BCUT2D eigenvalue weighted by molar-refractivity contribution is 5.75. The van der Waals surface area contributed by atoms with Crippen LogP contribution in [0.25, 0.3) is 0 Å². The van der Waals surface area contributed by atoms with E-state index in [1.54, 1.807) is 7.11 Å². The Balaban J connectivity index is 1.80. The smallest absolute Gasteiger partial charge is 0.231 e. The molecule has 1 amide bonds. The molecule has 104 valence electrons. The van der Waals surface area contributed by atoms with E-state index in [0.717, 1.165) is 38.5 Å². The minimum Gasteiger partial charge on any atom is -0.497 e. The number of ether oxygens (including phenoxy) is 1. The van der Waals surface area contributed by atoms with Crippen LogP contribution >= 0.6 is 0 Å². The van der Waals surface area contributed by atoms with Gasteiger partial charge in [0.05, 0.1) is 13.7 Å². The quantitative estimate of drug-likeness (QED) is 0.830. The summed E-state index contributed by atoms with van der Waals surface area (Å²) in [5.41, 5.74) is 6.48. The Morgan fingerprint density at radius 1 is 1.16 bits per heavy atom. The first-order valence-corrected chi connectivity index (χ1v) is 6.53. The van der Waals surface area contributed by atoms with E-state index >= 15 is 0 Å².